The first kappa shape index (κ1) is 33.9. The third kappa shape index (κ3) is 6.52. The van der Waals surface area contributed by atoms with Gasteiger partial charge >= 0.3 is 6.16 Å². The second kappa shape index (κ2) is 13.3. The highest BCUT2D eigenvalue weighted by Crippen LogP contribution is 2.48. The number of carbonyl (C=O) groups excluding carboxylic acids is 2. The van der Waals surface area contributed by atoms with Gasteiger partial charge in [-0.05, 0) is 42.0 Å². The number of rotatable bonds is 10. The molecule has 1 aliphatic carbocycles. The summed E-state index contributed by atoms with van der Waals surface area (Å²) in [7, 11) is 2.71. The molecule has 0 saturated carbocycles. The molecule has 248 valence electrons. The number of nitro benzene ring substituents is 2. The van der Waals surface area contributed by atoms with Gasteiger partial charge in [-0.3, -0.25) is 25.0 Å². The number of aliphatic imine (C=N–C) groups is 1. The van der Waals surface area contributed by atoms with Crippen LogP contribution >= 0.6 is 23.2 Å². The van der Waals surface area contributed by atoms with Crippen LogP contribution in [0.25, 0.3) is 0 Å². The summed E-state index contributed by atoms with van der Waals surface area (Å²) in [5.41, 5.74) is 0.863. The van der Waals surface area contributed by atoms with Gasteiger partial charge in [0.25, 0.3) is 11.4 Å². The summed E-state index contributed by atoms with van der Waals surface area (Å²) in [6, 6.07) is 10.9. The highest BCUT2D eigenvalue weighted by Gasteiger charge is 2.40. The molecular formula is C32H25Cl2N3O11. The van der Waals surface area contributed by atoms with Crippen LogP contribution in [0.4, 0.5) is 21.9 Å². The Bertz CT molecular complexity index is 1990. The minimum atomic E-state index is -1.14. The molecule has 3 aromatic carbocycles. The van der Waals surface area contributed by atoms with Gasteiger partial charge in [0.15, 0.2) is 11.5 Å². The van der Waals surface area contributed by atoms with Crippen LogP contribution in [-0.4, -0.2) is 41.7 Å². The van der Waals surface area contributed by atoms with E-state index in [4.69, 9.17) is 46.9 Å². The molecule has 0 saturated heterocycles. The molecule has 0 atom stereocenters. The van der Waals surface area contributed by atoms with Gasteiger partial charge in [0.05, 0.1) is 57.2 Å². The lowest BCUT2D eigenvalue weighted by atomic mass is 9.71. The molecule has 48 heavy (non-hydrogen) atoms. The molecule has 0 N–H and O–H groups in total. The number of allylic oxidation sites excluding steroid dienone is 4. The van der Waals surface area contributed by atoms with E-state index in [-0.39, 0.29) is 62.2 Å². The molecule has 16 heteroatoms. The van der Waals surface area contributed by atoms with E-state index in [2.05, 4.69) is 4.99 Å². The molecule has 0 bridgehead atoms. The zero-order valence-corrected chi connectivity index (χ0v) is 27.2. The second-order valence-corrected chi connectivity index (χ2v) is 11.7. The summed E-state index contributed by atoms with van der Waals surface area (Å²) in [5, 5.41) is 23.1. The van der Waals surface area contributed by atoms with Crippen LogP contribution in [0.1, 0.15) is 30.5 Å². The molecular weight excluding hydrogens is 673 g/mol. The topological polar surface area (TPSA) is 179 Å². The number of carbonyl (C=O) groups is 2. The lowest BCUT2D eigenvalue weighted by Gasteiger charge is -2.36. The van der Waals surface area contributed by atoms with Crippen LogP contribution < -0.4 is 18.9 Å². The Balaban J connectivity index is 1.35. The molecule has 5 rings (SSSR count). The fraction of sp³-hybridized carbons (Fsp3) is 0.219. The normalized spacial score (nSPS) is 14.6. The number of non-ortho nitro benzene ring substituents is 1. The average Bonchev–Trinajstić information content (AvgIpc) is 3.05. The quantitative estimate of drug-likeness (QED) is 0.0678. The van der Waals surface area contributed by atoms with Crippen molar-refractivity contribution in [1.82, 2.24) is 0 Å². The number of methoxy groups -OCH3 is 2. The van der Waals surface area contributed by atoms with E-state index >= 15 is 0 Å². The fourth-order valence-corrected chi connectivity index (χ4v) is 5.94. The van der Waals surface area contributed by atoms with Crippen molar-refractivity contribution in [3.63, 3.8) is 0 Å². The maximum absolute atomic E-state index is 12.8. The third-order valence-corrected chi connectivity index (χ3v) is 8.27. The van der Waals surface area contributed by atoms with Crippen molar-refractivity contribution in [2.24, 2.45) is 4.99 Å². The monoisotopic (exact) mass is 697 g/mol. The Hall–Kier alpha value is -5.47. The fourth-order valence-electron chi connectivity index (χ4n) is 5.26. The van der Waals surface area contributed by atoms with Crippen LogP contribution in [0, 0.1) is 20.2 Å². The van der Waals surface area contributed by atoms with E-state index in [1.165, 1.54) is 50.6 Å². The first-order valence-corrected chi connectivity index (χ1v) is 14.7. The van der Waals surface area contributed by atoms with Crippen LogP contribution in [0.15, 0.2) is 75.2 Å². The molecule has 0 unspecified atom stereocenters. The number of benzene rings is 3. The largest absolute Gasteiger partial charge is 0.514 e. The summed E-state index contributed by atoms with van der Waals surface area (Å²) in [6.45, 7) is 2.82. The van der Waals surface area contributed by atoms with Crippen molar-refractivity contribution < 1.29 is 43.1 Å². The van der Waals surface area contributed by atoms with Gasteiger partial charge in [-0.15, -0.1) is 0 Å². The Morgan fingerprint density at radius 2 is 1.60 bits per heavy atom. The number of halogens is 2. The van der Waals surface area contributed by atoms with Gasteiger partial charge in [-0.2, -0.15) is 0 Å². The Morgan fingerprint density at radius 1 is 0.896 bits per heavy atom. The number of ether oxygens (including phenoxy) is 5. The number of nitro groups is 2. The number of Topliss-reactive ketones (excluding diaryl/α,β-unsaturated/α-hetero) is 1. The zero-order valence-electron chi connectivity index (χ0n) is 25.7. The van der Waals surface area contributed by atoms with Crippen molar-refractivity contribution >= 4 is 57.9 Å². The molecule has 0 aromatic heterocycles. The summed E-state index contributed by atoms with van der Waals surface area (Å²) >= 11 is 12.4. The van der Waals surface area contributed by atoms with E-state index in [1.54, 1.807) is 12.1 Å². The van der Waals surface area contributed by atoms with E-state index < -0.39 is 33.8 Å². The Kier molecular flexibility index (Phi) is 9.41. The highest BCUT2D eigenvalue weighted by atomic mass is 35.5. The summed E-state index contributed by atoms with van der Waals surface area (Å²) in [5.74, 6) is -0.00543. The van der Waals surface area contributed by atoms with Gasteiger partial charge in [-0.25, -0.2) is 9.79 Å². The number of fused-ring (bicyclic) bond motifs is 2. The SMILES string of the molecule is COc1cc(COc2ccc([N+](=O)[O-])cc2COC(=O)Oc2ccc3c(c2)C(C)(C)C2=C(Cl)C(=O)C(Cl)=CC2=N3)c([N+](=O)[O-])cc1OC. The predicted octanol–water partition coefficient (Wildman–Crippen LogP) is 7.38. The molecule has 0 amide bonds. The Morgan fingerprint density at radius 3 is 2.27 bits per heavy atom. The third-order valence-electron chi connectivity index (χ3n) is 7.63. The van der Waals surface area contributed by atoms with Crippen molar-refractivity contribution in [3.8, 4) is 23.0 Å². The van der Waals surface area contributed by atoms with Crippen molar-refractivity contribution in [3.05, 3.63) is 107 Å². The van der Waals surface area contributed by atoms with E-state index in [0.29, 0.717) is 22.5 Å². The molecule has 1 aliphatic heterocycles. The van der Waals surface area contributed by atoms with Crippen LogP contribution in [0.2, 0.25) is 0 Å². The molecule has 3 aromatic rings. The lowest BCUT2D eigenvalue weighted by Crippen LogP contribution is -2.32. The minimum absolute atomic E-state index is 0.0518. The molecule has 0 spiro atoms. The number of nitrogens with zero attached hydrogens (tertiary/aromatic N) is 3. The van der Waals surface area contributed by atoms with Crippen molar-refractivity contribution in [2.75, 3.05) is 14.2 Å². The number of hydrogen-bond acceptors (Lipinski definition) is 12. The highest BCUT2D eigenvalue weighted by molar-refractivity contribution is 6.58. The van der Waals surface area contributed by atoms with Crippen molar-refractivity contribution in [1.29, 1.82) is 0 Å². The maximum atomic E-state index is 12.8. The van der Waals surface area contributed by atoms with Crippen LogP contribution in [0.5, 0.6) is 23.0 Å². The van der Waals surface area contributed by atoms with E-state index in [9.17, 15) is 29.8 Å². The molecule has 0 fully saturated rings. The van der Waals surface area contributed by atoms with Gasteiger partial charge in [-0.1, -0.05) is 37.0 Å². The van der Waals surface area contributed by atoms with Crippen molar-refractivity contribution in [2.45, 2.75) is 32.5 Å². The molecule has 14 nitrogen and oxygen atoms in total. The molecule has 0 radical (unpaired) electrons. The summed E-state index contributed by atoms with van der Waals surface area (Å²) in [6.07, 6.45) is 0.319. The number of ketones is 1. The number of hydrogen-bond donors (Lipinski definition) is 0. The first-order chi connectivity index (χ1) is 22.7. The zero-order chi connectivity index (χ0) is 34.9. The predicted molar refractivity (Wildman–Crippen MR) is 173 cm³/mol. The lowest BCUT2D eigenvalue weighted by molar-refractivity contribution is -0.386. The van der Waals surface area contributed by atoms with Gasteiger partial charge < -0.3 is 23.7 Å². The van der Waals surface area contributed by atoms with E-state index in [1.807, 2.05) is 13.8 Å². The van der Waals surface area contributed by atoms with Gasteiger partial charge in [0.2, 0.25) is 5.78 Å². The average molecular weight is 698 g/mol. The van der Waals surface area contributed by atoms with E-state index in [0.717, 1.165) is 6.07 Å². The molecule has 1 heterocycles. The van der Waals surface area contributed by atoms with Gasteiger partial charge in [0.1, 0.15) is 24.7 Å². The minimum Gasteiger partial charge on any atom is -0.493 e. The smallest absolute Gasteiger partial charge is 0.493 e. The van der Waals surface area contributed by atoms with Crippen LogP contribution in [-0.2, 0) is 28.2 Å². The first-order valence-electron chi connectivity index (χ1n) is 13.9. The Labute approximate surface area is 282 Å². The second-order valence-electron chi connectivity index (χ2n) is 10.9. The van der Waals surface area contributed by atoms with Gasteiger partial charge in [0, 0.05) is 28.7 Å². The van der Waals surface area contributed by atoms with Crippen LogP contribution in [0.3, 0.4) is 0 Å². The molecule has 2 aliphatic rings. The maximum Gasteiger partial charge on any atom is 0.514 e. The standard InChI is InChI=1S/C32H25Cl2N3O11/c1-32(2)20-11-19(6-7-22(20)35-23-12-21(33)30(38)29(34)28(23)32)48-31(39)47-15-17-9-18(36(40)41)5-8-25(17)46-14-16-10-26(44-3)27(45-4)13-24(16)37(42)43/h5-13H,14-15H2,1-4H3. The summed E-state index contributed by atoms with van der Waals surface area (Å²) < 4.78 is 26.9. The summed E-state index contributed by atoms with van der Waals surface area (Å²) in [4.78, 5) is 51.7.